The highest BCUT2D eigenvalue weighted by Crippen LogP contribution is 2.27. The van der Waals surface area contributed by atoms with Gasteiger partial charge in [-0.25, -0.2) is 0 Å². The SMILES string of the molecule is OCC1CC(O)C(O)C(OC2OC(CO)C(O)C(O)C2O)O1. The summed E-state index contributed by atoms with van der Waals surface area (Å²) in [6.07, 6.45) is -12.3. The van der Waals surface area contributed by atoms with Crippen LogP contribution in [0.3, 0.4) is 0 Å². The van der Waals surface area contributed by atoms with E-state index in [1.807, 2.05) is 0 Å². The van der Waals surface area contributed by atoms with Gasteiger partial charge >= 0.3 is 0 Å². The predicted molar refractivity (Wildman–Crippen MR) is 67.2 cm³/mol. The minimum absolute atomic E-state index is 0.00616. The van der Waals surface area contributed by atoms with Crippen LogP contribution in [0.2, 0.25) is 0 Å². The highest BCUT2D eigenvalue weighted by Gasteiger charge is 2.47. The van der Waals surface area contributed by atoms with Gasteiger partial charge in [-0.3, -0.25) is 0 Å². The maximum absolute atomic E-state index is 9.84. The van der Waals surface area contributed by atoms with Crippen molar-refractivity contribution in [1.29, 1.82) is 0 Å². The molecule has 9 unspecified atom stereocenters. The second-order valence-electron chi connectivity index (χ2n) is 5.44. The second-order valence-corrected chi connectivity index (χ2v) is 5.44. The van der Waals surface area contributed by atoms with Crippen LogP contribution in [0, 0.1) is 0 Å². The van der Waals surface area contributed by atoms with E-state index in [2.05, 4.69) is 0 Å². The Bertz CT molecular complexity index is 353. The summed E-state index contributed by atoms with van der Waals surface area (Å²) in [5.74, 6) is 0. The minimum Gasteiger partial charge on any atom is -0.394 e. The lowest BCUT2D eigenvalue weighted by atomic mass is 9.99. The fourth-order valence-electron chi connectivity index (χ4n) is 2.46. The van der Waals surface area contributed by atoms with E-state index in [1.54, 1.807) is 0 Å². The Hall–Kier alpha value is -0.400. The van der Waals surface area contributed by atoms with Crippen LogP contribution >= 0.6 is 0 Å². The number of hydrogen-bond acceptors (Lipinski definition) is 10. The van der Waals surface area contributed by atoms with E-state index in [9.17, 15) is 25.5 Å². The molecule has 130 valence electrons. The molecule has 2 aliphatic rings. The Morgan fingerprint density at radius 2 is 1.41 bits per heavy atom. The standard InChI is InChI=1S/C12H22O10/c13-2-4-1-5(15)7(16)11(20-4)22-12-10(19)9(18)8(17)6(3-14)21-12/h4-19H,1-3H2. The van der Waals surface area contributed by atoms with Gasteiger partial charge in [-0.2, -0.15) is 0 Å². The third-order valence-electron chi connectivity index (χ3n) is 3.82. The van der Waals surface area contributed by atoms with Crippen LogP contribution in [0.5, 0.6) is 0 Å². The van der Waals surface area contributed by atoms with Crippen LogP contribution in [0.1, 0.15) is 6.42 Å². The lowest BCUT2D eigenvalue weighted by Crippen LogP contribution is -2.61. The van der Waals surface area contributed by atoms with E-state index in [-0.39, 0.29) is 6.42 Å². The maximum Gasteiger partial charge on any atom is 0.189 e. The van der Waals surface area contributed by atoms with Crippen molar-refractivity contribution in [2.24, 2.45) is 0 Å². The highest BCUT2D eigenvalue weighted by atomic mass is 16.8. The van der Waals surface area contributed by atoms with Gasteiger partial charge in [-0.05, 0) is 0 Å². The van der Waals surface area contributed by atoms with E-state index in [0.29, 0.717) is 0 Å². The van der Waals surface area contributed by atoms with E-state index in [4.69, 9.17) is 24.4 Å². The fraction of sp³-hybridized carbons (Fsp3) is 1.00. The van der Waals surface area contributed by atoms with Gasteiger partial charge in [0.05, 0.1) is 25.4 Å². The van der Waals surface area contributed by atoms with Gasteiger partial charge in [0.15, 0.2) is 12.6 Å². The summed E-state index contributed by atoms with van der Waals surface area (Å²) in [6.45, 7) is -1.03. The van der Waals surface area contributed by atoms with Gasteiger partial charge in [-0.15, -0.1) is 0 Å². The molecule has 7 N–H and O–H groups in total. The van der Waals surface area contributed by atoms with Crippen LogP contribution in [0.15, 0.2) is 0 Å². The fourth-order valence-corrected chi connectivity index (χ4v) is 2.46. The first kappa shape index (κ1) is 17.9. The summed E-state index contributed by atoms with van der Waals surface area (Å²) in [7, 11) is 0. The van der Waals surface area contributed by atoms with Gasteiger partial charge < -0.3 is 50.0 Å². The maximum atomic E-state index is 9.84. The molecule has 2 heterocycles. The van der Waals surface area contributed by atoms with Crippen LogP contribution in [0.25, 0.3) is 0 Å². The van der Waals surface area contributed by atoms with E-state index in [0.717, 1.165) is 0 Å². The van der Waals surface area contributed by atoms with Crippen LogP contribution in [0.4, 0.5) is 0 Å². The molecule has 2 rings (SSSR count). The molecule has 0 radical (unpaired) electrons. The van der Waals surface area contributed by atoms with Gasteiger partial charge in [0.1, 0.15) is 30.5 Å². The molecule has 2 saturated heterocycles. The lowest BCUT2D eigenvalue weighted by Gasteiger charge is -2.43. The minimum atomic E-state index is -1.65. The largest absolute Gasteiger partial charge is 0.394 e. The van der Waals surface area contributed by atoms with Crippen molar-refractivity contribution in [3.8, 4) is 0 Å². The zero-order chi connectivity index (χ0) is 16.4. The van der Waals surface area contributed by atoms with Crippen molar-refractivity contribution >= 4 is 0 Å². The molecule has 0 aliphatic carbocycles. The van der Waals surface area contributed by atoms with E-state index in [1.165, 1.54) is 0 Å². The quantitative estimate of drug-likeness (QED) is 0.268. The molecule has 0 aromatic carbocycles. The second kappa shape index (κ2) is 7.45. The molecule has 22 heavy (non-hydrogen) atoms. The Balaban J connectivity index is 2.04. The van der Waals surface area contributed by atoms with E-state index < -0.39 is 68.5 Å². The molecule has 0 bridgehead atoms. The highest BCUT2D eigenvalue weighted by molar-refractivity contribution is 4.90. The van der Waals surface area contributed by atoms with Gasteiger partial charge in [0, 0.05) is 6.42 Å². The molecule has 9 atom stereocenters. The topological polar surface area (TPSA) is 169 Å². The van der Waals surface area contributed by atoms with Crippen LogP contribution < -0.4 is 0 Å². The summed E-state index contributed by atoms with van der Waals surface area (Å²) >= 11 is 0. The van der Waals surface area contributed by atoms with Crippen molar-refractivity contribution in [2.45, 2.75) is 61.7 Å². The van der Waals surface area contributed by atoms with Gasteiger partial charge in [0.25, 0.3) is 0 Å². The van der Waals surface area contributed by atoms with Crippen LogP contribution in [-0.4, -0.2) is 104 Å². The monoisotopic (exact) mass is 326 g/mol. The summed E-state index contributed by atoms with van der Waals surface area (Å²) in [6, 6.07) is 0. The van der Waals surface area contributed by atoms with Crippen LogP contribution in [-0.2, 0) is 14.2 Å². The zero-order valence-corrected chi connectivity index (χ0v) is 11.7. The molecule has 10 nitrogen and oxygen atoms in total. The third kappa shape index (κ3) is 3.57. The first-order valence-electron chi connectivity index (χ1n) is 6.97. The number of aliphatic hydroxyl groups excluding tert-OH is 7. The molecular formula is C12H22O10. The van der Waals surface area contributed by atoms with Crippen molar-refractivity contribution in [2.75, 3.05) is 13.2 Å². The number of aliphatic hydroxyl groups is 7. The van der Waals surface area contributed by atoms with Gasteiger partial charge in [-0.1, -0.05) is 0 Å². The molecule has 0 aromatic rings. The average Bonchev–Trinajstić information content (AvgIpc) is 2.51. The smallest absolute Gasteiger partial charge is 0.189 e. The molecule has 2 fully saturated rings. The summed E-state index contributed by atoms with van der Waals surface area (Å²) in [5, 5.41) is 66.8. The van der Waals surface area contributed by atoms with Gasteiger partial charge in [0.2, 0.25) is 0 Å². The molecule has 10 heteroatoms. The summed E-state index contributed by atoms with van der Waals surface area (Å²) in [5.41, 5.74) is 0. The van der Waals surface area contributed by atoms with E-state index >= 15 is 0 Å². The summed E-state index contributed by atoms with van der Waals surface area (Å²) in [4.78, 5) is 0. The van der Waals surface area contributed by atoms with Crippen molar-refractivity contribution < 1.29 is 50.0 Å². The molecule has 0 saturated carbocycles. The molecular weight excluding hydrogens is 304 g/mol. The Labute approximate surface area is 126 Å². The zero-order valence-electron chi connectivity index (χ0n) is 11.7. The molecule has 0 amide bonds. The Morgan fingerprint density at radius 1 is 0.773 bits per heavy atom. The third-order valence-corrected chi connectivity index (χ3v) is 3.82. The Kier molecular flexibility index (Phi) is 6.07. The molecule has 0 spiro atoms. The molecule has 0 aromatic heterocycles. The van der Waals surface area contributed by atoms with Crippen molar-refractivity contribution in [3.05, 3.63) is 0 Å². The number of ether oxygens (including phenoxy) is 3. The molecule has 2 aliphatic heterocycles. The average molecular weight is 326 g/mol. The normalized spacial score (nSPS) is 50.0. The first-order valence-corrected chi connectivity index (χ1v) is 6.97. The Morgan fingerprint density at radius 3 is 2.00 bits per heavy atom. The summed E-state index contributed by atoms with van der Waals surface area (Å²) < 4.78 is 15.6. The van der Waals surface area contributed by atoms with Crippen molar-refractivity contribution in [3.63, 3.8) is 0 Å². The lowest BCUT2D eigenvalue weighted by molar-refractivity contribution is -0.367. The first-order chi connectivity index (χ1) is 10.4. The number of rotatable bonds is 4. The predicted octanol–water partition coefficient (Wildman–Crippen LogP) is -4.37. The van der Waals surface area contributed by atoms with Crippen molar-refractivity contribution in [1.82, 2.24) is 0 Å². The number of hydrogen-bond donors (Lipinski definition) is 7.